The average molecular weight is 432 g/mol. The Labute approximate surface area is 178 Å². The summed E-state index contributed by atoms with van der Waals surface area (Å²) in [6, 6.07) is 8.51. The predicted octanol–water partition coefficient (Wildman–Crippen LogP) is 5.05. The molecule has 0 radical (unpaired) electrons. The number of amides is 1. The number of halogens is 2. The third-order valence-electron chi connectivity index (χ3n) is 4.43. The number of aryl methyl sites for hydroxylation is 1. The number of ether oxygens (including phenoxy) is 1. The van der Waals surface area contributed by atoms with Crippen molar-refractivity contribution in [1.82, 2.24) is 9.78 Å². The lowest BCUT2D eigenvalue weighted by atomic mass is 10.0. The normalized spacial score (nSPS) is 10.8. The summed E-state index contributed by atoms with van der Waals surface area (Å²) in [6.07, 6.45) is 2.23. The molecule has 0 fully saturated rings. The van der Waals surface area contributed by atoms with E-state index in [0.717, 1.165) is 10.9 Å². The zero-order chi connectivity index (χ0) is 21.1. The van der Waals surface area contributed by atoms with Crippen LogP contribution in [0.15, 0.2) is 48.7 Å². The molecule has 1 aromatic heterocycles. The van der Waals surface area contributed by atoms with Gasteiger partial charge in [0.1, 0.15) is 10.8 Å². The quantitative estimate of drug-likeness (QED) is 0.419. The van der Waals surface area contributed by atoms with E-state index in [1.54, 1.807) is 16.9 Å². The summed E-state index contributed by atoms with van der Waals surface area (Å²) >= 11 is 12.4. The van der Waals surface area contributed by atoms with Crippen LogP contribution in [0.2, 0.25) is 10.0 Å². The Kier molecular flexibility index (Phi) is 6.25. The average Bonchev–Trinajstić information content (AvgIpc) is 3.08. The number of anilines is 1. The van der Waals surface area contributed by atoms with Crippen LogP contribution in [0.1, 0.15) is 23.7 Å². The molecule has 0 unspecified atom stereocenters. The number of carbonyl (C=O) groups excluding carboxylic acids is 2. The van der Waals surface area contributed by atoms with Crippen molar-refractivity contribution in [2.75, 3.05) is 11.9 Å². The summed E-state index contributed by atoms with van der Waals surface area (Å²) in [5.41, 5.74) is 2.27. The Morgan fingerprint density at radius 2 is 1.97 bits per heavy atom. The van der Waals surface area contributed by atoms with E-state index in [-0.39, 0.29) is 39.7 Å². The first kappa shape index (κ1) is 20.9. The van der Waals surface area contributed by atoms with Gasteiger partial charge in [-0.3, -0.25) is 14.3 Å². The van der Waals surface area contributed by atoms with Gasteiger partial charge in [0.05, 0.1) is 16.7 Å². The lowest BCUT2D eigenvalue weighted by Gasteiger charge is -2.12. The van der Waals surface area contributed by atoms with Gasteiger partial charge < -0.3 is 10.1 Å². The molecule has 0 aliphatic carbocycles. The maximum Gasteiger partial charge on any atom is 0.262 e. The van der Waals surface area contributed by atoms with Crippen molar-refractivity contribution in [2.45, 2.75) is 13.3 Å². The molecule has 0 saturated carbocycles. The molecule has 1 N–H and O–H groups in total. The van der Waals surface area contributed by atoms with Crippen molar-refractivity contribution < 1.29 is 14.3 Å². The first-order chi connectivity index (χ1) is 13.8. The molecule has 3 aromatic rings. The number of ketones is 1. The van der Waals surface area contributed by atoms with Crippen molar-refractivity contribution >= 4 is 51.5 Å². The van der Waals surface area contributed by atoms with Crippen LogP contribution in [-0.2, 0) is 11.8 Å². The Bertz CT molecular complexity index is 1120. The number of hydrogen-bond donors (Lipinski definition) is 1. The van der Waals surface area contributed by atoms with Gasteiger partial charge >= 0.3 is 0 Å². The number of rotatable bonds is 7. The largest absolute Gasteiger partial charge is 0.482 e. The van der Waals surface area contributed by atoms with E-state index in [1.807, 2.05) is 26.1 Å². The molecule has 150 valence electrons. The molecule has 29 heavy (non-hydrogen) atoms. The van der Waals surface area contributed by atoms with E-state index in [4.69, 9.17) is 27.9 Å². The zero-order valence-electron chi connectivity index (χ0n) is 16.0. The van der Waals surface area contributed by atoms with Gasteiger partial charge in [-0.25, -0.2) is 0 Å². The number of allylic oxidation sites excluding steroid dienone is 1. The molecule has 6 nitrogen and oxygen atoms in total. The molecule has 1 amide bonds. The highest BCUT2D eigenvalue weighted by Crippen LogP contribution is 2.35. The Morgan fingerprint density at radius 3 is 2.69 bits per heavy atom. The summed E-state index contributed by atoms with van der Waals surface area (Å²) in [5.74, 6) is -0.414. The van der Waals surface area contributed by atoms with E-state index < -0.39 is 0 Å². The highest BCUT2D eigenvalue weighted by Gasteiger charge is 2.18. The lowest BCUT2D eigenvalue weighted by molar-refractivity contribution is -0.118. The topological polar surface area (TPSA) is 73.2 Å². The maximum atomic E-state index is 12.3. The second-order valence-corrected chi connectivity index (χ2v) is 7.16. The third-order valence-corrected chi connectivity index (χ3v) is 5.29. The molecule has 3 rings (SSSR count). The summed E-state index contributed by atoms with van der Waals surface area (Å²) in [7, 11) is 1.85. The fraction of sp³-hybridized carbons (Fsp3) is 0.190. The van der Waals surface area contributed by atoms with Gasteiger partial charge in [-0.2, -0.15) is 5.10 Å². The van der Waals surface area contributed by atoms with Gasteiger partial charge in [-0.15, -0.1) is 0 Å². The summed E-state index contributed by atoms with van der Waals surface area (Å²) < 4.78 is 7.24. The smallest absolute Gasteiger partial charge is 0.262 e. The van der Waals surface area contributed by atoms with Crippen LogP contribution in [0.4, 0.5) is 5.69 Å². The van der Waals surface area contributed by atoms with Crippen molar-refractivity contribution in [2.24, 2.45) is 7.05 Å². The number of carbonyl (C=O) groups is 2. The molecule has 0 aliphatic rings. The van der Waals surface area contributed by atoms with E-state index >= 15 is 0 Å². The predicted molar refractivity (Wildman–Crippen MR) is 115 cm³/mol. The van der Waals surface area contributed by atoms with Gasteiger partial charge in [0.2, 0.25) is 0 Å². The fourth-order valence-electron chi connectivity index (χ4n) is 2.75. The van der Waals surface area contributed by atoms with Crippen LogP contribution in [0, 0.1) is 0 Å². The Morgan fingerprint density at radius 1 is 1.21 bits per heavy atom. The fourth-order valence-corrected chi connectivity index (χ4v) is 3.21. The molecule has 1 heterocycles. The van der Waals surface area contributed by atoms with Crippen molar-refractivity contribution in [3.63, 3.8) is 0 Å². The second-order valence-electron chi connectivity index (χ2n) is 6.40. The van der Waals surface area contributed by atoms with Gasteiger partial charge in [0.15, 0.2) is 12.4 Å². The monoisotopic (exact) mass is 431 g/mol. The highest BCUT2D eigenvalue weighted by molar-refractivity contribution is 6.45. The van der Waals surface area contributed by atoms with E-state index in [0.29, 0.717) is 17.7 Å². The molecule has 2 aromatic carbocycles. The van der Waals surface area contributed by atoms with Crippen LogP contribution in [-0.4, -0.2) is 28.1 Å². The molecule has 0 atom stereocenters. The number of Topliss-reactive ketones (excluding diaryl/α,β-unsaturated/α-hetero) is 1. The van der Waals surface area contributed by atoms with E-state index in [2.05, 4.69) is 17.0 Å². The molecule has 8 heteroatoms. The van der Waals surface area contributed by atoms with Gasteiger partial charge in [0.25, 0.3) is 5.91 Å². The summed E-state index contributed by atoms with van der Waals surface area (Å²) in [6.45, 7) is 5.29. The summed E-state index contributed by atoms with van der Waals surface area (Å²) in [4.78, 5) is 24.5. The first-order valence-electron chi connectivity index (χ1n) is 8.86. The number of nitrogens with zero attached hydrogens (tertiary/aromatic N) is 2. The second kappa shape index (κ2) is 8.68. The number of aromatic nitrogens is 2. The standard InChI is InChI=1S/C21H19Cl2N3O3/c1-4-12(2)21(28)15-6-8-17(20(23)19(15)22)29-11-18(27)25-14-5-7-16-13(9-14)10-24-26(16)3/h5-10H,2,4,11H2,1,3H3,(H,25,27). The number of hydrogen-bond acceptors (Lipinski definition) is 4. The molecule has 0 saturated heterocycles. The van der Waals surface area contributed by atoms with Crippen LogP contribution < -0.4 is 10.1 Å². The van der Waals surface area contributed by atoms with E-state index in [1.165, 1.54) is 12.1 Å². The minimum Gasteiger partial charge on any atom is -0.482 e. The van der Waals surface area contributed by atoms with Gasteiger partial charge in [0, 0.05) is 23.7 Å². The highest BCUT2D eigenvalue weighted by atomic mass is 35.5. The van der Waals surface area contributed by atoms with Crippen molar-refractivity contribution in [3.05, 3.63) is 64.3 Å². The minimum atomic E-state index is -0.361. The molecule has 0 bridgehead atoms. The number of benzene rings is 2. The third kappa shape index (κ3) is 4.44. The SMILES string of the molecule is C=C(CC)C(=O)c1ccc(OCC(=O)Nc2ccc3c(cnn3C)c2)c(Cl)c1Cl. The molecule has 0 aliphatic heterocycles. The van der Waals surface area contributed by atoms with Crippen LogP contribution >= 0.6 is 23.2 Å². The Balaban J connectivity index is 1.67. The van der Waals surface area contributed by atoms with Crippen LogP contribution in [0.5, 0.6) is 5.75 Å². The maximum absolute atomic E-state index is 12.3. The molecular weight excluding hydrogens is 413 g/mol. The van der Waals surface area contributed by atoms with Crippen molar-refractivity contribution in [1.29, 1.82) is 0 Å². The zero-order valence-corrected chi connectivity index (χ0v) is 17.5. The van der Waals surface area contributed by atoms with Crippen LogP contribution in [0.25, 0.3) is 10.9 Å². The minimum absolute atomic E-state index is 0.0750. The first-order valence-corrected chi connectivity index (χ1v) is 9.62. The van der Waals surface area contributed by atoms with Crippen molar-refractivity contribution in [3.8, 4) is 5.75 Å². The Hall–Kier alpha value is -2.83. The molecule has 0 spiro atoms. The number of fused-ring (bicyclic) bond motifs is 1. The number of nitrogens with one attached hydrogen (secondary N) is 1. The van der Waals surface area contributed by atoms with Gasteiger partial charge in [-0.05, 0) is 42.3 Å². The lowest BCUT2D eigenvalue weighted by Crippen LogP contribution is -2.20. The summed E-state index contributed by atoms with van der Waals surface area (Å²) in [5, 5.41) is 7.99. The van der Waals surface area contributed by atoms with Crippen LogP contribution in [0.3, 0.4) is 0 Å². The molecular formula is C21H19Cl2N3O3. The van der Waals surface area contributed by atoms with E-state index in [9.17, 15) is 9.59 Å². The van der Waals surface area contributed by atoms with Gasteiger partial charge in [-0.1, -0.05) is 36.7 Å².